The van der Waals surface area contributed by atoms with Crippen molar-refractivity contribution in [2.45, 2.75) is 25.5 Å². The van der Waals surface area contributed by atoms with Crippen molar-refractivity contribution >= 4 is 35.0 Å². The molecule has 2 aromatic rings. The monoisotopic (exact) mass is 381 g/mol. The van der Waals surface area contributed by atoms with E-state index < -0.39 is 11.2 Å². The van der Waals surface area contributed by atoms with Crippen LogP contribution in [-0.2, 0) is 9.59 Å². The molecule has 27 heavy (non-hydrogen) atoms. The molecule has 0 bridgehead atoms. The number of hydrogen-bond acceptors (Lipinski definition) is 5. The van der Waals surface area contributed by atoms with E-state index in [4.69, 9.17) is 5.11 Å². The lowest BCUT2D eigenvalue weighted by Gasteiger charge is -2.06. The number of amidine groups is 1. The van der Waals surface area contributed by atoms with Crippen molar-refractivity contribution in [2.24, 2.45) is 10.2 Å². The molecule has 1 unspecified atom stereocenters. The van der Waals surface area contributed by atoms with Gasteiger partial charge in [0.05, 0.1) is 12.6 Å². The number of hydrogen-bond donors (Lipinski definition) is 2. The Morgan fingerprint density at radius 1 is 1.19 bits per heavy atom. The van der Waals surface area contributed by atoms with E-state index in [2.05, 4.69) is 47.6 Å². The van der Waals surface area contributed by atoms with Crippen LogP contribution in [0.1, 0.15) is 23.1 Å². The molecular formula is C20H19N3O3S. The van der Waals surface area contributed by atoms with Crippen LogP contribution in [0.4, 0.5) is 0 Å². The van der Waals surface area contributed by atoms with Gasteiger partial charge in [-0.15, -0.1) is 5.10 Å². The van der Waals surface area contributed by atoms with Crippen LogP contribution in [0.3, 0.4) is 0 Å². The third-order valence-electron chi connectivity index (χ3n) is 4.22. The lowest BCUT2D eigenvalue weighted by molar-refractivity contribution is -0.138. The zero-order valence-corrected chi connectivity index (χ0v) is 15.8. The number of nitrogens with zero attached hydrogens (tertiary/aromatic N) is 2. The highest BCUT2D eigenvalue weighted by Crippen LogP contribution is 2.23. The fourth-order valence-corrected chi connectivity index (χ4v) is 3.53. The minimum Gasteiger partial charge on any atom is -0.481 e. The Bertz CT molecular complexity index is 953. The van der Waals surface area contributed by atoms with Crippen LogP contribution in [-0.4, -0.2) is 33.6 Å². The highest BCUT2D eigenvalue weighted by atomic mass is 32.2. The minimum atomic E-state index is -1.02. The van der Waals surface area contributed by atoms with Gasteiger partial charge in [0.1, 0.15) is 5.25 Å². The van der Waals surface area contributed by atoms with Crippen molar-refractivity contribution in [1.29, 1.82) is 0 Å². The lowest BCUT2D eigenvalue weighted by atomic mass is 9.99. The maximum atomic E-state index is 11.7. The van der Waals surface area contributed by atoms with Gasteiger partial charge in [0.2, 0.25) is 5.91 Å². The highest BCUT2D eigenvalue weighted by molar-refractivity contribution is 8.15. The Hall–Kier alpha value is -2.93. The lowest BCUT2D eigenvalue weighted by Crippen LogP contribution is -2.26. The molecule has 0 saturated carbocycles. The summed E-state index contributed by atoms with van der Waals surface area (Å²) in [5.41, 5.74) is 5.59. The van der Waals surface area contributed by atoms with Crippen molar-refractivity contribution in [3.05, 3.63) is 59.2 Å². The van der Waals surface area contributed by atoms with E-state index in [9.17, 15) is 9.59 Å². The zero-order chi connectivity index (χ0) is 19.4. The molecule has 1 atom stereocenters. The summed E-state index contributed by atoms with van der Waals surface area (Å²) in [6.45, 7) is 4.17. The Labute approximate surface area is 161 Å². The van der Waals surface area contributed by atoms with Gasteiger partial charge in [0, 0.05) is 0 Å². The van der Waals surface area contributed by atoms with Crippen LogP contribution in [0, 0.1) is 13.8 Å². The maximum Gasteiger partial charge on any atom is 0.305 e. The molecule has 2 aromatic carbocycles. The summed E-state index contributed by atoms with van der Waals surface area (Å²) in [5.74, 6) is -1.37. The number of aliphatic carboxylic acids is 1. The molecule has 0 spiro atoms. The summed E-state index contributed by atoms with van der Waals surface area (Å²) in [4.78, 5) is 22.4. The Morgan fingerprint density at radius 3 is 2.70 bits per heavy atom. The molecular weight excluding hydrogens is 362 g/mol. The van der Waals surface area contributed by atoms with Crippen molar-refractivity contribution in [3.63, 3.8) is 0 Å². The van der Waals surface area contributed by atoms with Crippen LogP contribution in [0.5, 0.6) is 0 Å². The number of carbonyl (C=O) groups is 2. The molecule has 1 amide bonds. The number of amides is 1. The van der Waals surface area contributed by atoms with Gasteiger partial charge >= 0.3 is 5.97 Å². The second-order valence-electron chi connectivity index (χ2n) is 6.27. The second kappa shape index (κ2) is 8.18. The van der Waals surface area contributed by atoms with E-state index in [1.54, 1.807) is 6.21 Å². The first-order valence-electron chi connectivity index (χ1n) is 8.40. The van der Waals surface area contributed by atoms with Crippen LogP contribution >= 0.6 is 11.8 Å². The fourth-order valence-electron chi connectivity index (χ4n) is 2.61. The summed E-state index contributed by atoms with van der Waals surface area (Å²) in [5, 5.41) is 19.0. The van der Waals surface area contributed by atoms with E-state index in [1.807, 2.05) is 24.3 Å². The quantitative estimate of drug-likeness (QED) is 0.614. The van der Waals surface area contributed by atoms with Crippen molar-refractivity contribution in [3.8, 4) is 11.1 Å². The first kappa shape index (κ1) is 18.8. The van der Waals surface area contributed by atoms with Crippen LogP contribution in [0.2, 0.25) is 0 Å². The summed E-state index contributed by atoms with van der Waals surface area (Å²) in [6, 6.07) is 14.3. The molecule has 1 aliphatic heterocycles. The molecule has 0 radical (unpaired) electrons. The number of carboxylic acid groups (broad SMARTS) is 1. The van der Waals surface area contributed by atoms with Crippen LogP contribution in [0.15, 0.2) is 52.7 Å². The predicted octanol–water partition coefficient (Wildman–Crippen LogP) is 3.37. The highest BCUT2D eigenvalue weighted by Gasteiger charge is 2.32. The number of rotatable bonds is 5. The summed E-state index contributed by atoms with van der Waals surface area (Å²) >= 11 is 1.08. The Morgan fingerprint density at radius 2 is 1.96 bits per heavy atom. The average Bonchev–Trinajstić information content (AvgIpc) is 2.96. The fraction of sp³-hybridized carbons (Fsp3) is 0.200. The summed E-state index contributed by atoms with van der Waals surface area (Å²) in [6.07, 6.45) is 1.37. The summed E-state index contributed by atoms with van der Waals surface area (Å²) < 4.78 is 0. The largest absolute Gasteiger partial charge is 0.481 e. The van der Waals surface area contributed by atoms with Crippen molar-refractivity contribution in [1.82, 2.24) is 5.32 Å². The molecule has 1 saturated heterocycles. The molecule has 1 fully saturated rings. The Kier molecular flexibility index (Phi) is 5.71. The normalized spacial score (nSPS) is 18.2. The Balaban J connectivity index is 1.72. The molecule has 1 heterocycles. The van der Waals surface area contributed by atoms with Crippen molar-refractivity contribution in [2.75, 3.05) is 0 Å². The minimum absolute atomic E-state index is 0.239. The number of nitrogens with one attached hydrogen (secondary N) is 1. The van der Waals surface area contributed by atoms with Gasteiger partial charge in [-0.05, 0) is 47.7 Å². The zero-order valence-electron chi connectivity index (χ0n) is 15.0. The van der Waals surface area contributed by atoms with Gasteiger partial charge in [-0.1, -0.05) is 48.2 Å². The number of carboxylic acids is 1. The third kappa shape index (κ3) is 4.83. The molecule has 138 valence electrons. The van der Waals surface area contributed by atoms with Crippen molar-refractivity contribution < 1.29 is 14.7 Å². The number of thioether (sulfide) groups is 1. The first-order chi connectivity index (χ1) is 12.9. The predicted molar refractivity (Wildman–Crippen MR) is 108 cm³/mol. The van der Waals surface area contributed by atoms with Gasteiger partial charge < -0.3 is 10.4 Å². The standard InChI is InChI=1S/C20H19N3O3S/c1-12-6-7-16(8-13(12)2)15-5-3-4-14(9-15)11-21-23-20-22-19(26)17(27-20)10-18(24)25/h3-9,11,17H,10H2,1-2H3,(H,24,25)(H,22,23,26). The van der Waals surface area contributed by atoms with Crippen LogP contribution < -0.4 is 5.32 Å². The van der Waals surface area contributed by atoms with E-state index in [1.165, 1.54) is 11.1 Å². The molecule has 0 aromatic heterocycles. The van der Waals surface area contributed by atoms with Gasteiger partial charge in [0.15, 0.2) is 5.17 Å². The molecule has 6 nitrogen and oxygen atoms in total. The molecule has 1 aliphatic rings. The molecule has 0 aliphatic carbocycles. The number of aryl methyl sites for hydroxylation is 2. The van der Waals surface area contributed by atoms with Gasteiger partial charge in [-0.3, -0.25) is 9.59 Å². The van der Waals surface area contributed by atoms with Gasteiger partial charge in [-0.25, -0.2) is 0 Å². The van der Waals surface area contributed by atoms with E-state index in [-0.39, 0.29) is 12.3 Å². The van der Waals surface area contributed by atoms with Gasteiger partial charge in [-0.2, -0.15) is 5.10 Å². The average molecular weight is 381 g/mol. The van der Waals surface area contributed by atoms with Crippen LogP contribution in [0.25, 0.3) is 11.1 Å². The molecule has 3 rings (SSSR count). The third-order valence-corrected chi connectivity index (χ3v) is 5.29. The smallest absolute Gasteiger partial charge is 0.305 e. The number of carbonyl (C=O) groups excluding carboxylic acids is 1. The topological polar surface area (TPSA) is 91.1 Å². The maximum absolute atomic E-state index is 11.7. The first-order valence-corrected chi connectivity index (χ1v) is 9.28. The molecule has 2 N–H and O–H groups in total. The van der Waals surface area contributed by atoms with E-state index in [0.29, 0.717) is 5.17 Å². The van der Waals surface area contributed by atoms with Gasteiger partial charge in [0.25, 0.3) is 0 Å². The summed E-state index contributed by atoms with van der Waals surface area (Å²) in [7, 11) is 0. The molecule has 7 heteroatoms. The second-order valence-corrected chi connectivity index (χ2v) is 7.46. The number of benzene rings is 2. The SMILES string of the molecule is Cc1ccc(-c2cccc(C=NN=C3NC(=O)C(CC(=O)O)S3)c2)cc1C. The van der Waals surface area contributed by atoms with E-state index >= 15 is 0 Å². The van der Waals surface area contributed by atoms with E-state index in [0.717, 1.165) is 28.5 Å².